The quantitative estimate of drug-likeness (QED) is 0.564. The van der Waals surface area contributed by atoms with Crippen molar-refractivity contribution in [3.63, 3.8) is 0 Å². The Morgan fingerprint density at radius 2 is 1.77 bits per heavy atom. The zero-order valence-corrected chi connectivity index (χ0v) is 8.13. The van der Waals surface area contributed by atoms with Gasteiger partial charge in [-0.3, -0.25) is 0 Å². The van der Waals surface area contributed by atoms with Crippen LogP contribution in [0.3, 0.4) is 0 Å². The van der Waals surface area contributed by atoms with Crippen LogP contribution in [-0.2, 0) is 0 Å². The summed E-state index contributed by atoms with van der Waals surface area (Å²) < 4.78 is 0. The summed E-state index contributed by atoms with van der Waals surface area (Å²) >= 11 is 0. The molecule has 0 heterocycles. The number of rotatable bonds is 1. The Labute approximate surface area is 81.0 Å². The fraction of sp³-hybridized carbons (Fsp3) is 0.538. The van der Waals surface area contributed by atoms with E-state index in [1.54, 1.807) is 0 Å². The molecule has 0 atom stereocenters. The Kier molecular flexibility index (Phi) is 3.02. The van der Waals surface area contributed by atoms with Crippen molar-refractivity contribution >= 4 is 0 Å². The maximum Gasteiger partial charge on any atom is -0.0146 e. The molecule has 13 heavy (non-hydrogen) atoms. The van der Waals surface area contributed by atoms with Crippen LogP contribution >= 0.6 is 0 Å². The van der Waals surface area contributed by atoms with Gasteiger partial charge in [0.25, 0.3) is 0 Å². The Morgan fingerprint density at radius 3 is 2.38 bits per heavy atom. The van der Waals surface area contributed by atoms with E-state index in [4.69, 9.17) is 0 Å². The van der Waals surface area contributed by atoms with Gasteiger partial charge in [0.05, 0.1) is 0 Å². The van der Waals surface area contributed by atoms with Crippen LogP contribution in [0, 0.1) is 6.07 Å². The van der Waals surface area contributed by atoms with E-state index in [1.807, 2.05) is 6.07 Å². The van der Waals surface area contributed by atoms with Crippen molar-refractivity contribution in [2.75, 3.05) is 0 Å². The molecular weight excluding hydrogens is 156 g/mol. The second-order valence-electron chi connectivity index (χ2n) is 4.01. The van der Waals surface area contributed by atoms with Crippen molar-refractivity contribution in [3.8, 4) is 0 Å². The van der Waals surface area contributed by atoms with Crippen LogP contribution in [0.25, 0.3) is 0 Å². The molecule has 0 saturated heterocycles. The monoisotopic (exact) mass is 173 g/mol. The Bertz CT molecular complexity index is 229. The van der Waals surface area contributed by atoms with Gasteiger partial charge in [-0.25, -0.2) is 0 Å². The van der Waals surface area contributed by atoms with Gasteiger partial charge in [0.1, 0.15) is 0 Å². The first kappa shape index (κ1) is 8.80. The molecule has 0 N–H and O–H groups in total. The molecule has 69 valence electrons. The van der Waals surface area contributed by atoms with E-state index in [1.165, 1.54) is 44.1 Å². The summed E-state index contributed by atoms with van der Waals surface area (Å²) in [6.45, 7) is 0. The third-order valence-electron chi connectivity index (χ3n) is 3.03. The molecule has 0 heteroatoms. The van der Waals surface area contributed by atoms with Crippen molar-refractivity contribution in [3.05, 3.63) is 35.9 Å². The molecule has 2 rings (SSSR count). The fourth-order valence-electron chi connectivity index (χ4n) is 2.25. The van der Waals surface area contributed by atoms with E-state index in [-0.39, 0.29) is 0 Å². The van der Waals surface area contributed by atoms with Gasteiger partial charge in [0.2, 0.25) is 0 Å². The van der Waals surface area contributed by atoms with Gasteiger partial charge >= 0.3 is 0 Å². The highest BCUT2D eigenvalue weighted by Gasteiger charge is 2.13. The van der Waals surface area contributed by atoms with Gasteiger partial charge in [-0.15, -0.1) is 0 Å². The van der Waals surface area contributed by atoms with Gasteiger partial charge in [-0.2, -0.15) is 0 Å². The largest absolute Gasteiger partial charge is 0.0619 e. The lowest BCUT2D eigenvalue weighted by molar-refractivity contribution is 0.592. The summed E-state index contributed by atoms with van der Waals surface area (Å²) in [5, 5.41) is 0. The molecule has 0 nitrogen and oxygen atoms in total. The summed E-state index contributed by atoms with van der Waals surface area (Å²) in [5.41, 5.74) is 1.43. The van der Waals surface area contributed by atoms with Gasteiger partial charge in [0, 0.05) is 0 Å². The lowest BCUT2D eigenvalue weighted by atomic mass is 9.92. The van der Waals surface area contributed by atoms with Crippen LogP contribution in [0.5, 0.6) is 0 Å². The molecule has 1 radical (unpaired) electrons. The minimum Gasteiger partial charge on any atom is -0.0619 e. The highest BCUT2D eigenvalue weighted by Crippen LogP contribution is 2.30. The van der Waals surface area contributed by atoms with Crippen molar-refractivity contribution in [2.24, 2.45) is 0 Å². The maximum atomic E-state index is 3.37. The average Bonchev–Trinajstić information content (AvgIpc) is 2.47. The van der Waals surface area contributed by atoms with E-state index in [0.717, 1.165) is 5.92 Å². The standard InChI is InChI=1S/C13H17/c1-2-5-9-12(8-4-1)13-10-6-3-7-11-13/h3,6-7,10,12H,1-2,4-5,8-9H2. The maximum absolute atomic E-state index is 3.37. The van der Waals surface area contributed by atoms with Crippen LogP contribution in [0.15, 0.2) is 24.3 Å². The van der Waals surface area contributed by atoms with Crippen LogP contribution < -0.4 is 0 Å². The second kappa shape index (κ2) is 4.45. The average molecular weight is 173 g/mol. The molecule has 1 aromatic carbocycles. The van der Waals surface area contributed by atoms with Gasteiger partial charge in [-0.1, -0.05) is 49.9 Å². The molecule has 0 aromatic heterocycles. The van der Waals surface area contributed by atoms with Crippen LogP contribution in [0.4, 0.5) is 0 Å². The first-order chi connectivity index (χ1) is 6.47. The number of hydrogen-bond donors (Lipinski definition) is 0. The van der Waals surface area contributed by atoms with Crippen molar-refractivity contribution in [1.82, 2.24) is 0 Å². The third-order valence-corrected chi connectivity index (χ3v) is 3.03. The number of hydrogen-bond acceptors (Lipinski definition) is 0. The predicted octanol–water partition coefficient (Wildman–Crippen LogP) is 3.92. The molecule has 1 saturated carbocycles. The molecule has 0 bridgehead atoms. The second-order valence-corrected chi connectivity index (χ2v) is 4.01. The Hall–Kier alpha value is -0.780. The summed E-state index contributed by atoms with van der Waals surface area (Å²) in [5.74, 6) is 0.795. The molecule has 1 aliphatic carbocycles. The highest BCUT2D eigenvalue weighted by molar-refractivity contribution is 5.17. The van der Waals surface area contributed by atoms with Crippen molar-refractivity contribution in [2.45, 2.75) is 44.4 Å². The summed E-state index contributed by atoms with van der Waals surface area (Å²) in [7, 11) is 0. The van der Waals surface area contributed by atoms with Crippen molar-refractivity contribution in [1.29, 1.82) is 0 Å². The van der Waals surface area contributed by atoms with Crippen LogP contribution in [0.2, 0.25) is 0 Å². The summed E-state index contributed by atoms with van der Waals surface area (Å²) in [4.78, 5) is 0. The SMILES string of the molecule is [c]1ccccc1C1CCCCCC1. The predicted molar refractivity (Wildman–Crippen MR) is 55.7 cm³/mol. The molecule has 0 unspecified atom stereocenters. The van der Waals surface area contributed by atoms with E-state index >= 15 is 0 Å². The molecule has 0 amide bonds. The van der Waals surface area contributed by atoms with Gasteiger partial charge in [-0.05, 0) is 30.4 Å². The highest BCUT2D eigenvalue weighted by atomic mass is 14.2. The van der Waals surface area contributed by atoms with Gasteiger partial charge < -0.3 is 0 Å². The van der Waals surface area contributed by atoms with E-state index in [0.29, 0.717) is 0 Å². The smallest absolute Gasteiger partial charge is 0.0146 e. The lowest BCUT2D eigenvalue weighted by Gasteiger charge is -2.13. The Balaban J connectivity index is 2.06. The molecule has 1 aliphatic rings. The van der Waals surface area contributed by atoms with E-state index in [9.17, 15) is 0 Å². The molecule has 1 aromatic rings. The summed E-state index contributed by atoms with van der Waals surface area (Å²) in [6.07, 6.45) is 8.44. The van der Waals surface area contributed by atoms with Crippen LogP contribution in [0.1, 0.15) is 50.0 Å². The minimum absolute atomic E-state index is 0.795. The molecular formula is C13H17. The first-order valence-corrected chi connectivity index (χ1v) is 5.43. The fourth-order valence-corrected chi connectivity index (χ4v) is 2.25. The normalized spacial score (nSPS) is 19.7. The van der Waals surface area contributed by atoms with E-state index < -0.39 is 0 Å². The van der Waals surface area contributed by atoms with E-state index in [2.05, 4.69) is 24.3 Å². The van der Waals surface area contributed by atoms with Crippen LogP contribution in [-0.4, -0.2) is 0 Å². The Morgan fingerprint density at radius 1 is 1.00 bits per heavy atom. The molecule has 1 fully saturated rings. The number of benzene rings is 1. The lowest BCUT2D eigenvalue weighted by Crippen LogP contribution is -1.96. The zero-order chi connectivity index (χ0) is 8.93. The van der Waals surface area contributed by atoms with Crippen molar-refractivity contribution < 1.29 is 0 Å². The topological polar surface area (TPSA) is 0 Å². The molecule has 0 aliphatic heterocycles. The minimum atomic E-state index is 0.795. The zero-order valence-electron chi connectivity index (χ0n) is 8.13. The third kappa shape index (κ3) is 2.33. The first-order valence-electron chi connectivity index (χ1n) is 5.43. The van der Waals surface area contributed by atoms with Gasteiger partial charge in [0.15, 0.2) is 0 Å². The molecule has 0 spiro atoms. The summed E-state index contributed by atoms with van der Waals surface area (Å²) in [6, 6.07) is 11.8.